The lowest BCUT2D eigenvalue weighted by atomic mass is 9.94. The number of likely N-dealkylation sites (tertiary alicyclic amines) is 1. The van der Waals surface area contributed by atoms with Gasteiger partial charge in [-0.25, -0.2) is 0 Å². The highest BCUT2D eigenvalue weighted by atomic mass is 16.4. The zero-order valence-electron chi connectivity index (χ0n) is 13.7. The van der Waals surface area contributed by atoms with Gasteiger partial charge in [0.1, 0.15) is 0 Å². The van der Waals surface area contributed by atoms with Crippen LogP contribution in [-0.2, 0) is 11.2 Å². The lowest BCUT2D eigenvalue weighted by Gasteiger charge is -2.34. The van der Waals surface area contributed by atoms with E-state index in [2.05, 4.69) is 17.1 Å². The van der Waals surface area contributed by atoms with Gasteiger partial charge in [-0.1, -0.05) is 0 Å². The van der Waals surface area contributed by atoms with Crippen LogP contribution in [0.25, 0.3) is 0 Å². The molecule has 0 amide bonds. The first kappa shape index (κ1) is 16.0. The van der Waals surface area contributed by atoms with E-state index in [-0.39, 0.29) is 17.7 Å². The molecule has 1 fully saturated rings. The van der Waals surface area contributed by atoms with Crippen molar-refractivity contribution in [3.63, 3.8) is 0 Å². The average Bonchev–Trinajstić information content (AvgIpc) is 2.92. The van der Waals surface area contributed by atoms with E-state index in [1.807, 2.05) is 25.1 Å². The second-order valence-corrected chi connectivity index (χ2v) is 6.81. The number of benzene rings is 1. The molecule has 1 aromatic rings. The predicted molar refractivity (Wildman–Crippen MR) is 89.0 cm³/mol. The van der Waals surface area contributed by atoms with E-state index < -0.39 is 5.97 Å². The molecule has 0 spiro atoms. The molecule has 2 heterocycles. The van der Waals surface area contributed by atoms with Gasteiger partial charge < -0.3 is 10.4 Å². The lowest BCUT2D eigenvalue weighted by Crippen LogP contribution is -2.45. The van der Waals surface area contributed by atoms with Crippen LogP contribution < -0.4 is 5.32 Å². The van der Waals surface area contributed by atoms with Gasteiger partial charge in [-0.3, -0.25) is 14.5 Å². The smallest absolute Gasteiger partial charge is 0.306 e. The molecule has 0 aromatic heterocycles. The fourth-order valence-electron chi connectivity index (χ4n) is 3.64. The maximum Gasteiger partial charge on any atom is 0.306 e. The molecule has 0 saturated carbocycles. The third-order valence-electron chi connectivity index (χ3n) is 5.12. The van der Waals surface area contributed by atoms with Crippen LogP contribution in [0.1, 0.15) is 42.6 Å². The van der Waals surface area contributed by atoms with Gasteiger partial charge in [0, 0.05) is 17.3 Å². The standard InChI is InChI=1S/C18H24N2O3/c1-11-9-15-10-14(3-4-16(15)19-11)17(21)12(2)20-7-5-13(6-8-20)18(22)23/h3-4,10-13,19H,5-9H2,1-2H3,(H,22,23). The van der Waals surface area contributed by atoms with Crippen molar-refractivity contribution < 1.29 is 14.7 Å². The molecule has 3 rings (SSSR count). The van der Waals surface area contributed by atoms with E-state index in [1.54, 1.807) is 0 Å². The van der Waals surface area contributed by atoms with Gasteiger partial charge in [0.25, 0.3) is 0 Å². The summed E-state index contributed by atoms with van der Waals surface area (Å²) in [5, 5.41) is 12.5. The monoisotopic (exact) mass is 316 g/mol. The van der Waals surface area contributed by atoms with Gasteiger partial charge in [-0.15, -0.1) is 0 Å². The van der Waals surface area contributed by atoms with Gasteiger partial charge in [0.15, 0.2) is 5.78 Å². The van der Waals surface area contributed by atoms with Gasteiger partial charge in [0.2, 0.25) is 0 Å². The molecule has 23 heavy (non-hydrogen) atoms. The van der Waals surface area contributed by atoms with E-state index in [4.69, 9.17) is 5.11 Å². The fourth-order valence-corrected chi connectivity index (χ4v) is 3.64. The number of anilines is 1. The van der Waals surface area contributed by atoms with Crippen molar-refractivity contribution in [2.45, 2.75) is 45.2 Å². The molecule has 1 saturated heterocycles. The van der Waals surface area contributed by atoms with Gasteiger partial charge in [-0.2, -0.15) is 0 Å². The van der Waals surface area contributed by atoms with E-state index in [1.165, 1.54) is 5.56 Å². The van der Waals surface area contributed by atoms with Crippen LogP contribution in [0.15, 0.2) is 18.2 Å². The first-order chi connectivity index (χ1) is 11.0. The molecule has 2 aliphatic heterocycles. The number of nitrogens with one attached hydrogen (secondary N) is 1. The Morgan fingerprint density at radius 2 is 2.00 bits per heavy atom. The van der Waals surface area contributed by atoms with Gasteiger partial charge >= 0.3 is 5.97 Å². The number of nitrogens with zero attached hydrogens (tertiary/aromatic N) is 1. The minimum Gasteiger partial charge on any atom is -0.481 e. The second kappa shape index (κ2) is 6.32. The first-order valence-corrected chi connectivity index (χ1v) is 8.36. The Morgan fingerprint density at radius 3 is 2.65 bits per heavy atom. The summed E-state index contributed by atoms with van der Waals surface area (Å²) >= 11 is 0. The Balaban J connectivity index is 1.67. The van der Waals surface area contributed by atoms with E-state index in [0.29, 0.717) is 32.0 Å². The number of carbonyl (C=O) groups excluding carboxylic acids is 1. The number of ketones is 1. The van der Waals surface area contributed by atoms with Crippen molar-refractivity contribution >= 4 is 17.4 Å². The summed E-state index contributed by atoms with van der Waals surface area (Å²) in [5.41, 5.74) is 3.09. The van der Waals surface area contributed by atoms with Crippen molar-refractivity contribution in [1.29, 1.82) is 0 Å². The SMILES string of the molecule is CC1Cc2cc(C(=O)C(C)N3CCC(C(=O)O)CC3)ccc2N1. The largest absolute Gasteiger partial charge is 0.481 e. The summed E-state index contributed by atoms with van der Waals surface area (Å²) in [6.07, 6.45) is 2.20. The molecule has 2 aliphatic rings. The fraction of sp³-hybridized carbons (Fsp3) is 0.556. The molecule has 124 valence electrons. The number of aliphatic carboxylic acids is 1. The summed E-state index contributed by atoms with van der Waals surface area (Å²) in [6.45, 7) is 5.41. The molecule has 1 aromatic carbocycles. The Morgan fingerprint density at radius 1 is 1.30 bits per heavy atom. The summed E-state index contributed by atoms with van der Waals surface area (Å²) in [6, 6.07) is 6.12. The lowest BCUT2D eigenvalue weighted by molar-refractivity contribution is -0.143. The first-order valence-electron chi connectivity index (χ1n) is 8.36. The number of rotatable bonds is 4. The molecule has 2 atom stereocenters. The Hall–Kier alpha value is -1.88. The summed E-state index contributed by atoms with van der Waals surface area (Å²) in [4.78, 5) is 25.9. The number of hydrogen-bond donors (Lipinski definition) is 2. The van der Waals surface area contributed by atoms with Crippen LogP contribution in [0.3, 0.4) is 0 Å². The number of carbonyl (C=O) groups is 2. The number of piperidine rings is 1. The maximum atomic E-state index is 12.8. The highest BCUT2D eigenvalue weighted by molar-refractivity contribution is 6.00. The van der Waals surface area contributed by atoms with Crippen LogP contribution >= 0.6 is 0 Å². The Labute approximate surface area is 136 Å². The molecular weight excluding hydrogens is 292 g/mol. The van der Waals surface area contributed by atoms with Crippen LogP contribution in [0.5, 0.6) is 0 Å². The second-order valence-electron chi connectivity index (χ2n) is 6.81. The van der Waals surface area contributed by atoms with E-state index in [0.717, 1.165) is 17.7 Å². The van der Waals surface area contributed by atoms with Gasteiger partial charge in [0.05, 0.1) is 12.0 Å². The number of carboxylic acid groups (broad SMARTS) is 1. The minimum atomic E-state index is -0.719. The topological polar surface area (TPSA) is 69.6 Å². The quantitative estimate of drug-likeness (QED) is 0.835. The van der Waals surface area contributed by atoms with E-state index in [9.17, 15) is 9.59 Å². The molecule has 0 radical (unpaired) electrons. The van der Waals surface area contributed by atoms with Crippen molar-refractivity contribution in [2.24, 2.45) is 5.92 Å². The van der Waals surface area contributed by atoms with Crippen molar-refractivity contribution in [3.05, 3.63) is 29.3 Å². The summed E-state index contributed by atoms with van der Waals surface area (Å²) < 4.78 is 0. The number of fused-ring (bicyclic) bond motifs is 1. The average molecular weight is 316 g/mol. The Kier molecular flexibility index (Phi) is 4.39. The third kappa shape index (κ3) is 3.24. The van der Waals surface area contributed by atoms with Crippen molar-refractivity contribution in [1.82, 2.24) is 4.90 Å². The molecular formula is C18H24N2O3. The molecule has 5 heteroatoms. The summed E-state index contributed by atoms with van der Waals surface area (Å²) in [7, 11) is 0. The zero-order chi connectivity index (χ0) is 16.6. The third-order valence-corrected chi connectivity index (χ3v) is 5.12. The van der Waals surface area contributed by atoms with Crippen LogP contribution in [0, 0.1) is 5.92 Å². The van der Waals surface area contributed by atoms with Gasteiger partial charge in [-0.05, 0) is 70.0 Å². The van der Waals surface area contributed by atoms with Crippen molar-refractivity contribution in [3.8, 4) is 0 Å². The number of Topliss-reactive ketones (excluding diaryl/α,β-unsaturated/α-hetero) is 1. The van der Waals surface area contributed by atoms with E-state index >= 15 is 0 Å². The van der Waals surface area contributed by atoms with Crippen molar-refractivity contribution in [2.75, 3.05) is 18.4 Å². The summed E-state index contributed by atoms with van der Waals surface area (Å²) in [5.74, 6) is -0.855. The highest BCUT2D eigenvalue weighted by Crippen LogP contribution is 2.28. The molecule has 0 bridgehead atoms. The maximum absolute atomic E-state index is 12.8. The predicted octanol–water partition coefficient (Wildman–Crippen LogP) is 2.41. The minimum absolute atomic E-state index is 0.126. The number of carboxylic acids is 1. The van der Waals surface area contributed by atoms with Crippen LogP contribution in [0.2, 0.25) is 0 Å². The highest BCUT2D eigenvalue weighted by Gasteiger charge is 2.30. The van der Waals surface area contributed by atoms with Crippen LogP contribution in [0.4, 0.5) is 5.69 Å². The molecule has 2 unspecified atom stereocenters. The molecule has 2 N–H and O–H groups in total. The molecule has 5 nitrogen and oxygen atoms in total. The van der Waals surface area contributed by atoms with Crippen LogP contribution in [-0.4, -0.2) is 46.9 Å². The Bertz CT molecular complexity index is 621. The number of hydrogen-bond acceptors (Lipinski definition) is 4. The normalized spacial score (nSPS) is 23.1. The zero-order valence-corrected chi connectivity index (χ0v) is 13.7. The molecule has 0 aliphatic carbocycles.